The Labute approximate surface area is 148 Å². The smallest absolute Gasteiger partial charge is 0.236 e. The summed E-state index contributed by atoms with van der Waals surface area (Å²) in [6, 6.07) is 9.53. The number of rotatable bonds is 5. The molecule has 2 atom stereocenters. The van der Waals surface area contributed by atoms with Crippen molar-refractivity contribution in [2.45, 2.75) is 26.9 Å². The molecule has 132 valence electrons. The standard InChI is InChI=1S/C19H23N3O3/c1-13-8-14(2)11-22(10-13)19-15(9-20)21-18(25-19)12-24-17-7-5-4-6-16(17)23-3/h4-7,13-14H,8,10-12H2,1-3H3/t13-,14-/m1/s1. The largest absolute Gasteiger partial charge is 0.493 e. The molecule has 1 aromatic heterocycles. The zero-order valence-electron chi connectivity index (χ0n) is 14.9. The first-order valence-electron chi connectivity index (χ1n) is 8.51. The van der Waals surface area contributed by atoms with E-state index < -0.39 is 0 Å². The molecule has 0 amide bonds. The van der Waals surface area contributed by atoms with Crippen LogP contribution in [0, 0.1) is 23.2 Å². The number of methoxy groups -OCH3 is 1. The number of oxazole rings is 1. The number of piperidine rings is 1. The Morgan fingerprint density at radius 2 is 1.92 bits per heavy atom. The molecule has 0 bridgehead atoms. The summed E-state index contributed by atoms with van der Waals surface area (Å²) in [6.45, 7) is 6.34. The molecule has 0 spiro atoms. The van der Waals surface area contributed by atoms with Gasteiger partial charge in [0, 0.05) is 13.1 Å². The molecule has 25 heavy (non-hydrogen) atoms. The van der Waals surface area contributed by atoms with Gasteiger partial charge in [0.2, 0.25) is 17.5 Å². The lowest BCUT2D eigenvalue weighted by Crippen LogP contribution is -2.38. The van der Waals surface area contributed by atoms with Crippen LogP contribution >= 0.6 is 0 Å². The van der Waals surface area contributed by atoms with Crippen molar-refractivity contribution in [1.82, 2.24) is 4.98 Å². The SMILES string of the molecule is COc1ccccc1OCc1nc(C#N)c(N2C[C@H](C)C[C@@H](C)C2)o1. The number of anilines is 1. The van der Waals surface area contributed by atoms with Crippen molar-refractivity contribution in [2.75, 3.05) is 25.1 Å². The van der Waals surface area contributed by atoms with E-state index in [4.69, 9.17) is 13.9 Å². The van der Waals surface area contributed by atoms with Crippen molar-refractivity contribution in [2.24, 2.45) is 11.8 Å². The van der Waals surface area contributed by atoms with Crippen molar-refractivity contribution in [1.29, 1.82) is 5.26 Å². The van der Waals surface area contributed by atoms with E-state index in [1.165, 1.54) is 6.42 Å². The molecule has 6 heteroatoms. The number of nitriles is 1. The van der Waals surface area contributed by atoms with Gasteiger partial charge in [-0.05, 0) is 30.4 Å². The molecular weight excluding hydrogens is 318 g/mol. The molecule has 0 unspecified atom stereocenters. The molecule has 0 N–H and O–H groups in total. The second-order valence-electron chi connectivity index (χ2n) is 6.66. The molecule has 1 aromatic carbocycles. The molecule has 1 fully saturated rings. The van der Waals surface area contributed by atoms with Gasteiger partial charge in [-0.2, -0.15) is 10.2 Å². The lowest BCUT2D eigenvalue weighted by Gasteiger charge is -2.34. The van der Waals surface area contributed by atoms with Crippen molar-refractivity contribution in [3.63, 3.8) is 0 Å². The molecule has 1 aliphatic heterocycles. The minimum absolute atomic E-state index is 0.147. The monoisotopic (exact) mass is 341 g/mol. The van der Waals surface area contributed by atoms with Gasteiger partial charge >= 0.3 is 0 Å². The Morgan fingerprint density at radius 3 is 2.56 bits per heavy atom. The molecule has 0 saturated carbocycles. The first-order chi connectivity index (χ1) is 12.1. The first kappa shape index (κ1) is 17.2. The highest BCUT2D eigenvalue weighted by Gasteiger charge is 2.27. The van der Waals surface area contributed by atoms with Gasteiger partial charge in [-0.3, -0.25) is 0 Å². The summed E-state index contributed by atoms with van der Waals surface area (Å²) in [5.74, 6) is 3.34. The molecule has 1 aliphatic rings. The highest BCUT2D eigenvalue weighted by Crippen LogP contribution is 2.31. The third-order valence-electron chi connectivity index (χ3n) is 4.34. The number of aromatic nitrogens is 1. The van der Waals surface area contributed by atoms with E-state index in [2.05, 4.69) is 29.8 Å². The van der Waals surface area contributed by atoms with Crippen LogP contribution in [0.3, 0.4) is 0 Å². The van der Waals surface area contributed by atoms with E-state index in [0.29, 0.717) is 40.8 Å². The van der Waals surface area contributed by atoms with Crippen LogP contribution in [0.1, 0.15) is 31.9 Å². The third-order valence-corrected chi connectivity index (χ3v) is 4.34. The second-order valence-corrected chi connectivity index (χ2v) is 6.66. The highest BCUT2D eigenvalue weighted by atomic mass is 16.5. The van der Waals surface area contributed by atoms with E-state index in [1.807, 2.05) is 24.3 Å². The number of nitrogens with zero attached hydrogens (tertiary/aromatic N) is 3. The molecule has 0 radical (unpaired) electrons. The minimum atomic E-state index is 0.147. The predicted molar refractivity (Wildman–Crippen MR) is 93.7 cm³/mol. The number of ether oxygens (including phenoxy) is 2. The Hall–Kier alpha value is -2.68. The maximum Gasteiger partial charge on any atom is 0.236 e. The van der Waals surface area contributed by atoms with Crippen molar-refractivity contribution >= 4 is 5.88 Å². The van der Waals surface area contributed by atoms with Gasteiger partial charge in [0.25, 0.3) is 0 Å². The Bertz CT molecular complexity index is 756. The fraction of sp³-hybridized carbons (Fsp3) is 0.474. The van der Waals surface area contributed by atoms with Gasteiger partial charge in [0.1, 0.15) is 6.07 Å². The summed E-state index contributed by atoms with van der Waals surface area (Å²) in [7, 11) is 1.60. The van der Waals surface area contributed by atoms with Gasteiger partial charge in [0.05, 0.1) is 7.11 Å². The maximum absolute atomic E-state index is 9.40. The highest BCUT2D eigenvalue weighted by molar-refractivity contribution is 5.48. The molecule has 2 heterocycles. The van der Waals surface area contributed by atoms with Crippen LogP contribution in [-0.2, 0) is 6.61 Å². The van der Waals surface area contributed by atoms with Gasteiger partial charge in [-0.1, -0.05) is 26.0 Å². The first-order valence-corrected chi connectivity index (χ1v) is 8.51. The summed E-state index contributed by atoms with van der Waals surface area (Å²) in [6.07, 6.45) is 1.19. The molecular formula is C19H23N3O3. The molecule has 0 aliphatic carbocycles. The minimum Gasteiger partial charge on any atom is -0.493 e. The number of hydrogen-bond donors (Lipinski definition) is 0. The van der Waals surface area contributed by atoms with Crippen LogP contribution in [0.5, 0.6) is 11.5 Å². The average molecular weight is 341 g/mol. The number of benzene rings is 1. The van der Waals surface area contributed by atoms with Crippen molar-refractivity contribution < 1.29 is 13.9 Å². The Morgan fingerprint density at radius 1 is 1.24 bits per heavy atom. The maximum atomic E-state index is 9.40. The number of para-hydroxylation sites is 2. The van der Waals surface area contributed by atoms with Crippen LogP contribution in [0.15, 0.2) is 28.7 Å². The van der Waals surface area contributed by atoms with E-state index in [9.17, 15) is 5.26 Å². The summed E-state index contributed by atoms with van der Waals surface area (Å²) in [5.41, 5.74) is 0.319. The molecule has 2 aromatic rings. The van der Waals surface area contributed by atoms with Crippen LogP contribution in [0.2, 0.25) is 0 Å². The Kier molecular flexibility index (Phi) is 5.13. The average Bonchev–Trinajstić information content (AvgIpc) is 3.03. The second kappa shape index (κ2) is 7.47. The third kappa shape index (κ3) is 3.87. The molecule has 6 nitrogen and oxygen atoms in total. The van der Waals surface area contributed by atoms with Crippen LogP contribution in [-0.4, -0.2) is 25.2 Å². The normalized spacial score (nSPS) is 20.2. The van der Waals surface area contributed by atoms with Crippen LogP contribution < -0.4 is 14.4 Å². The Balaban J connectivity index is 1.75. The fourth-order valence-electron chi connectivity index (χ4n) is 3.41. The van der Waals surface area contributed by atoms with E-state index >= 15 is 0 Å². The van der Waals surface area contributed by atoms with Gasteiger partial charge < -0.3 is 18.8 Å². The lowest BCUT2D eigenvalue weighted by atomic mass is 9.92. The van der Waals surface area contributed by atoms with Gasteiger partial charge in [-0.15, -0.1) is 0 Å². The van der Waals surface area contributed by atoms with Gasteiger partial charge in [0.15, 0.2) is 18.1 Å². The van der Waals surface area contributed by atoms with Gasteiger partial charge in [-0.25, -0.2) is 0 Å². The molecule has 3 rings (SSSR count). The van der Waals surface area contributed by atoms with E-state index in [1.54, 1.807) is 7.11 Å². The summed E-state index contributed by atoms with van der Waals surface area (Å²) in [4.78, 5) is 6.41. The predicted octanol–water partition coefficient (Wildman–Crippen LogP) is 3.62. The van der Waals surface area contributed by atoms with Crippen LogP contribution in [0.4, 0.5) is 5.88 Å². The number of hydrogen-bond acceptors (Lipinski definition) is 6. The van der Waals surface area contributed by atoms with Crippen molar-refractivity contribution in [3.05, 3.63) is 35.9 Å². The van der Waals surface area contributed by atoms with E-state index in [0.717, 1.165) is 13.1 Å². The molecule has 1 saturated heterocycles. The summed E-state index contributed by atoms with van der Waals surface area (Å²) >= 11 is 0. The zero-order chi connectivity index (χ0) is 17.8. The summed E-state index contributed by atoms with van der Waals surface area (Å²) in [5, 5.41) is 9.40. The van der Waals surface area contributed by atoms with E-state index in [-0.39, 0.29) is 6.61 Å². The zero-order valence-corrected chi connectivity index (χ0v) is 14.9. The summed E-state index contributed by atoms with van der Waals surface area (Å²) < 4.78 is 16.9. The van der Waals surface area contributed by atoms with Crippen molar-refractivity contribution in [3.8, 4) is 17.6 Å². The van der Waals surface area contributed by atoms with Crippen LogP contribution in [0.25, 0.3) is 0 Å². The topological polar surface area (TPSA) is 71.5 Å². The lowest BCUT2D eigenvalue weighted by molar-refractivity contribution is 0.248. The fourth-order valence-corrected chi connectivity index (χ4v) is 3.41. The quantitative estimate of drug-likeness (QED) is 0.827.